The quantitative estimate of drug-likeness (QED) is 0.735. The van der Waals surface area contributed by atoms with Gasteiger partial charge in [0.15, 0.2) is 0 Å². The van der Waals surface area contributed by atoms with Crippen LogP contribution in [0.3, 0.4) is 0 Å². The number of alkyl halides is 3. The van der Waals surface area contributed by atoms with Crippen LogP contribution < -0.4 is 10.2 Å². The lowest BCUT2D eigenvalue weighted by molar-refractivity contribution is -0.136. The van der Waals surface area contributed by atoms with Crippen LogP contribution in [0, 0.1) is 19.8 Å². The molecule has 1 saturated heterocycles. The average Bonchev–Trinajstić information content (AvgIpc) is 2.95. The van der Waals surface area contributed by atoms with Crippen LogP contribution in [-0.2, 0) is 28.7 Å². The van der Waals surface area contributed by atoms with Crippen LogP contribution in [0.2, 0.25) is 0 Å². The second-order valence-corrected chi connectivity index (χ2v) is 8.28. The number of carbonyl (C=O) groups excluding carboxylic acids is 1. The van der Waals surface area contributed by atoms with Gasteiger partial charge in [-0.25, -0.2) is 0 Å². The van der Waals surface area contributed by atoms with Gasteiger partial charge in [-0.1, -0.05) is 13.8 Å². The molecule has 2 heterocycles. The van der Waals surface area contributed by atoms with Crippen LogP contribution >= 0.6 is 0 Å². The summed E-state index contributed by atoms with van der Waals surface area (Å²) in [5.74, 6) is -0.112. The van der Waals surface area contributed by atoms with Gasteiger partial charge >= 0.3 is 6.18 Å². The number of anilines is 2. The van der Waals surface area contributed by atoms with E-state index in [1.165, 1.54) is 6.07 Å². The summed E-state index contributed by atoms with van der Waals surface area (Å²) in [7, 11) is 0. The van der Waals surface area contributed by atoms with E-state index in [1.54, 1.807) is 6.07 Å². The summed E-state index contributed by atoms with van der Waals surface area (Å²) in [6, 6.07) is 4.03. The molecule has 0 saturated carbocycles. The van der Waals surface area contributed by atoms with Crippen molar-refractivity contribution < 1.29 is 22.7 Å². The van der Waals surface area contributed by atoms with Crippen molar-refractivity contribution >= 4 is 17.3 Å². The Morgan fingerprint density at radius 3 is 2.52 bits per heavy atom. The molecule has 1 fully saturated rings. The predicted molar refractivity (Wildman–Crippen MR) is 113 cm³/mol. The summed E-state index contributed by atoms with van der Waals surface area (Å²) in [6.07, 6.45) is -4.61. The zero-order valence-corrected chi connectivity index (χ0v) is 18.3. The molecule has 0 atom stereocenters. The standard InChI is InChI=1S/C22H29F3N4O2/c1-14(2)13-29-16(4)18(15(3)27-29)12-21(30)26-20-6-5-17(11-19(20)22(23,24)25)28-7-9-31-10-8-28/h5-6,11,14H,7-10,12-13H2,1-4H3,(H,26,30). The molecule has 1 aromatic carbocycles. The van der Waals surface area contributed by atoms with Gasteiger partial charge in [0.05, 0.1) is 36.6 Å². The number of nitrogens with one attached hydrogen (secondary N) is 1. The molecule has 3 rings (SSSR count). The Hall–Kier alpha value is -2.55. The maximum absolute atomic E-state index is 13.7. The van der Waals surface area contributed by atoms with Crippen molar-refractivity contribution in [2.75, 3.05) is 36.5 Å². The van der Waals surface area contributed by atoms with Crippen LogP contribution in [0.15, 0.2) is 18.2 Å². The summed E-state index contributed by atoms with van der Waals surface area (Å²) in [5, 5.41) is 6.93. The monoisotopic (exact) mass is 438 g/mol. The molecule has 1 aromatic heterocycles. The molecule has 1 N–H and O–H groups in total. The third-order valence-corrected chi connectivity index (χ3v) is 5.37. The number of amides is 1. The van der Waals surface area contributed by atoms with Gasteiger partial charge < -0.3 is 15.0 Å². The molecule has 31 heavy (non-hydrogen) atoms. The Morgan fingerprint density at radius 1 is 1.23 bits per heavy atom. The summed E-state index contributed by atoms with van der Waals surface area (Å²) in [5.41, 5.74) is 1.70. The number of hydrogen-bond donors (Lipinski definition) is 1. The number of rotatable bonds is 6. The Balaban J connectivity index is 1.80. The van der Waals surface area contributed by atoms with Crippen molar-refractivity contribution in [1.82, 2.24) is 9.78 Å². The molecule has 0 spiro atoms. The minimum Gasteiger partial charge on any atom is -0.378 e. The molecule has 0 aliphatic carbocycles. The number of halogens is 3. The zero-order chi connectivity index (χ0) is 22.8. The molecular formula is C22H29F3N4O2. The molecule has 1 aliphatic rings. The summed E-state index contributed by atoms with van der Waals surface area (Å²) in [4.78, 5) is 14.5. The highest BCUT2D eigenvalue weighted by atomic mass is 19.4. The van der Waals surface area contributed by atoms with E-state index >= 15 is 0 Å². The Labute approximate surface area is 180 Å². The summed E-state index contributed by atoms with van der Waals surface area (Å²) < 4.78 is 48.3. The Bertz CT molecular complexity index is 932. The van der Waals surface area contributed by atoms with Crippen LogP contribution in [0.1, 0.15) is 36.4 Å². The fraction of sp³-hybridized carbons (Fsp3) is 0.545. The van der Waals surface area contributed by atoms with Gasteiger partial charge in [-0.2, -0.15) is 18.3 Å². The van der Waals surface area contributed by atoms with E-state index in [0.29, 0.717) is 43.6 Å². The van der Waals surface area contributed by atoms with E-state index in [2.05, 4.69) is 24.3 Å². The smallest absolute Gasteiger partial charge is 0.378 e. The Morgan fingerprint density at radius 2 is 1.90 bits per heavy atom. The van der Waals surface area contributed by atoms with Crippen molar-refractivity contribution in [2.24, 2.45) is 5.92 Å². The van der Waals surface area contributed by atoms with Crippen molar-refractivity contribution in [3.63, 3.8) is 0 Å². The first-order valence-electron chi connectivity index (χ1n) is 10.4. The van der Waals surface area contributed by atoms with Gasteiger partial charge in [0, 0.05) is 36.6 Å². The highest BCUT2D eigenvalue weighted by molar-refractivity contribution is 5.93. The van der Waals surface area contributed by atoms with Crippen molar-refractivity contribution in [3.8, 4) is 0 Å². The minimum atomic E-state index is -4.58. The number of ether oxygens (including phenoxy) is 1. The highest BCUT2D eigenvalue weighted by Gasteiger charge is 2.35. The lowest BCUT2D eigenvalue weighted by Crippen LogP contribution is -2.36. The number of aromatic nitrogens is 2. The molecule has 0 bridgehead atoms. The van der Waals surface area contributed by atoms with Crippen LogP contribution in [0.5, 0.6) is 0 Å². The van der Waals surface area contributed by atoms with Gasteiger partial charge in [0.25, 0.3) is 0 Å². The number of benzene rings is 1. The van der Waals surface area contributed by atoms with Crippen molar-refractivity contribution in [2.45, 2.75) is 46.8 Å². The van der Waals surface area contributed by atoms with E-state index in [0.717, 1.165) is 23.9 Å². The van der Waals surface area contributed by atoms with E-state index in [4.69, 9.17) is 4.74 Å². The molecule has 1 amide bonds. The van der Waals surface area contributed by atoms with Crippen LogP contribution in [0.4, 0.5) is 24.5 Å². The molecule has 1 aliphatic heterocycles. The van der Waals surface area contributed by atoms with Gasteiger partial charge in [0.2, 0.25) is 5.91 Å². The Kier molecular flexibility index (Phi) is 6.93. The summed E-state index contributed by atoms with van der Waals surface area (Å²) >= 11 is 0. The third kappa shape index (κ3) is 5.58. The molecule has 6 nitrogen and oxygen atoms in total. The fourth-order valence-corrected chi connectivity index (χ4v) is 3.76. The topological polar surface area (TPSA) is 59.4 Å². The number of nitrogens with zero attached hydrogens (tertiary/aromatic N) is 3. The molecule has 2 aromatic rings. The van der Waals surface area contributed by atoms with E-state index in [-0.39, 0.29) is 12.1 Å². The van der Waals surface area contributed by atoms with Gasteiger partial charge in [-0.05, 0) is 38.0 Å². The van der Waals surface area contributed by atoms with Crippen molar-refractivity contribution in [1.29, 1.82) is 0 Å². The first kappa shape index (κ1) is 23.1. The number of morpholine rings is 1. The van der Waals surface area contributed by atoms with E-state index < -0.39 is 17.6 Å². The fourth-order valence-electron chi connectivity index (χ4n) is 3.76. The first-order chi connectivity index (χ1) is 14.6. The zero-order valence-electron chi connectivity index (χ0n) is 18.3. The number of hydrogen-bond acceptors (Lipinski definition) is 4. The first-order valence-corrected chi connectivity index (χ1v) is 10.4. The average molecular weight is 438 g/mol. The van der Waals surface area contributed by atoms with Crippen molar-refractivity contribution in [3.05, 3.63) is 40.7 Å². The van der Waals surface area contributed by atoms with E-state index in [9.17, 15) is 18.0 Å². The largest absolute Gasteiger partial charge is 0.418 e. The molecular weight excluding hydrogens is 409 g/mol. The van der Waals surface area contributed by atoms with E-state index in [1.807, 2.05) is 23.4 Å². The second kappa shape index (κ2) is 9.30. The summed E-state index contributed by atoms with van der Waals surface area (Å²) in [6.45, 7) is 10.6. The van der Waals surface area contributed by atoms with Gasteiger partial charge in [0.1, 0.15) is 0 Å². The third-order valence-electron chi connectivity index (χ3n) is 5.37. The lowest BCUT2D eigenvalue weighted by atomic mass is 10.1. The molecule has 9 heteroatoms. The lowest BCUT2D eigenvalue weighted by Gasteiger charge is -2.29. The van der Waals surface area contributed by atoms with Crippen LogP contribution in [0.25, 0.3) is 0 Å². The maximum Gasteiger partial charge on any atom is 0.418 e. The number of carbonyl (C=O) groups is 1. The molecule has 0 radical (unpaired) electrons. The minimum absolute atomic E-state index is 0.0295. The number of aryl methyl sites for hydroxylation is 1. The van der Waals surface area contributed by atoms with Crippen LogP contribution in [-0.4, -0.2) is 42.0 Å². The highest BCUT2D eigenvalue weighted by Crippen LogP contribution is 2.37. The maximum atomic E-state index is 13.7. The normalized spacial score (nSPS) is 14.9. The molecule has 0 unspecified atom stereocenters. The predicted octanol–water partition coefficient (Wildman–Crippen LogP) is 4.19. The second-order valence-electron chi connectivity index (χ2n) is 8.28. The van der Waals surface area contributed by atoms with Gasteiger partial charge in [-0.3, -0.25) is 9.48 Å². The van der Waals surface area contributed by atoms with Gasteiger partial charge in [-0.15, -0.1) is 0 Å². The molecule has 170 valence electrons. The SMILES string of the molecule is Cc1nn(CC(C)C)c(C)c1CC(=O)Nc1ccc(N2CCOCC2)cc1C(F)(F)F.